The number of carbonyl (C=O) groups excluding carboxylic acids is 1. The van der Waals surface area contributed by atoms with E-state index in [4.69, 9.17) is 11.6 Å². The van der Waals surface area contributed by atoms with Gasteiger partial charge in [0.25, 0.3) is 5.91 Å². The number of hydrogen-bond donors (Lipinski definition) is 2. The maximum Gasteiger partial charge on any atom is 0.435 e. The van der Waals surface area contributed by atoms with Crippen LogP contribution < -0.4 is 10.0 Å². The summed E-state index contributed by atoms with van der Waals surface area (Å²) in [6, 6.07) is 6.15. The number of anilines is 2. The smallest absolute Gasteiger partial charge is 0.324 e. The number of benzene rings is 1. The van der Waals surface area contributed by atoms with Crippen LogP contribution in [0.4, 0.5) is 29.2 Å². The number of carbonyl (C=O) groups is 1. The predicted octanol–water partition coefficient (Wildman–Crippen LogP) is 5.29. The van der Waals surface area contributed by atoms with Crippen molar-refractivity contribution in [2.45, 2.75) is 6.18 Å². The van der Waals surface area contributed by atoms with E-state index in [9.17, 15) is 22.4 Å². The predicted molar refractivity (Wildman–Crippen MR) is 123 cm³/mol. The molecule has 0 radical (unpaired) electrons. The Kier molecular flexibility index (Phi) is 6.89. The summed E-state index contributed by atoms with van der Waals surface area (Å²) in [5, 5.41) is 6.28. The second-order valence-electron chi connectivity index (χ2n) is 6.93. The van der Waals surface area contributed by atoms with Gasteiger partial charge in [0.2, 0.25) is 5.95 Å². The number of hydrogen-bond acceptors (Lipinski definition) is 7. The van der Waals surface area contributed by atoms with Crippen LogP contribution in [0.2, 0.25) is 5.02 Å². The third-order valence-electron chi connectivity index (χ3n) is 4.55. The van der Waals surface area contributed by atoms with Crippen LogP contribution in [0.1, 0.15) is 16.1 Å². The molecular formula is C21H14ClF4N7OS. The molecule has 0 saturated carbocycles. The van der Waals surface area contributed by atoms with E-state index >= 15 is 0 Å². The topological polar surface area (TPSA) is 97.6 Å². The Morgan fingerprint density at radius 1 is 1.14 bits per heavy atom. The van der Waals surface area contributed by atoms with Crippen molar-refractivity contribution < 1.29 is 22.4 Å². The molecule has 0 bridgehead atoms. The summed E-state index contributed by atoms with van der Waals surface area (Å²) in [6.07, 6.45) is 2.22. The van der Waals surface area contributed by atoms with Gasteiger partial charge in [-0.05, 0) is 30.3 Å². The van der Waals surface area contributed by atoms with Crippen LogP contribution in [0.3, 0.4) is 0 Å². The zero-order chi connectivity index (χ0) is 25.2. The Morgan fingerprint density at radius 2 is 1.94 bits per heavy atom. The first-order chi connectivity index (χ1) is 16.7. The number of aromatic nitrogens is 5. The SMILES string of the molecule is CSNC(=O)c1cncc(-c2cnc(Nc3ccc(F)c(Cl)c3)nc2-n2ccc(C(F)(F)F)n2)c1. The summed E-state index contributed by atoms with van der Waals surface area (Å²) in [4.78, 5) is 24.8. The number of amides is 1. The Labute approximate surface area is 204 Å². The van der Waals surface area contributed by atoms with Gasteiger partial charge in [0.05, 0.1) is 10.6 Å². The lowest BCUT2D eigenvalue weighted by Gasteiger charge is -2.12. The highest BCUT2D eigenvalue weighted by molar-refractivity contribution is 7.97. The minimum atomic E-state index is -4.66. The maximum atomic E-state index is 13.5. The van der Waals surface area contributed by atoms with E-state index < -0.39 is 23.6 Å². The summed E-state index contributed by atoms with van der Waals surface area (Å²) in [6.45, 7) is 0. The number of halogens is 5. The molecule has 1 amide bonds. The van der Waals surface area contributed by atoms with E-state index in [1.165, 1.54) is 36.8 Å². The molecule has 0 aliphatic rings. The Bertz CT molecular complexity index is 1400. The van der Waals surface area contributed by atoms with Crippen molar-refractivity contribution in [3.8, 4) is 16.9 Å². The van der Waals surface area contributed by atoms with Crippen LogP contribution in [0.15, 0.2) is 55.1 Å². The van der Waals surface area contributed by atoms with Crippen LogP contribution in [-0.2, 0) is 6.18 Å². The van der Waals surface area contributed by atoms with Gasteiger partial charge in [-0.25, -0.2) is 14.1 Å². The van der Waals surface area contributed by atoms with Crippen LogP contribution in [0.5, 0.6) is 0 Å². The molecule has 4 rings (SSSR count). The van der Waals surface area contributed by atoms with Gasteiger partial charge in [0, 0.05) is 47.9 Å². The van der Waals surface area contributed by atoms with E-state index in [2.05, 4.69) is 30.1 Å². The molecule has 0 aliphatic carbocycles. The minimum absolute atomic E-state index is 0.0141. The van der Waals surface area contributed by atoms with Gasteiger partial charge in [-0.3, -0.25) is 14.5 Å². The molecule has 180 valence electrons. The van der Waals surface area contributed by atoms with Crippen LogP contribution in [-0.4, -0.2) is 36.9 Å². The van der Waals surface area contributed by atoms with Crippen LogP contribution >= 0.6 is 23.5 Å². The molecular weight excluding hydrogens is 510 g/mol. The average molecular weight is 524 g/mol. The maximum absolute atomic E-state index is 13.5. The average Bonchev–Trinajstić information content (AvgIpc) is 3.33. The standard InChI is InChI=1S/C21H14ClF4N7OS/c1-35-32-19(34)12-6-11(8-27-9-12)14-10-28-20(29-13-2-3-16(23)15(22)7-13)30-18(14)33-5-4-17(31-33)21(24,25)26/h2-10H,1H3,(H,32,34)(H,28,29,30). The van der Waals surface area contributed by atoms with Crippen molar-refractivity contribution in [1.29, 1.82) is 0 Å². The molecule has 35 heavy (non-hydrogen) atoms. The van der Waals surface area contributed by atoms with E-state index in [1.54, 1.807) is 6.26 Å². The van der Waals surface area contributed by atoms with Gasteiger partial charge in [-0.15, -0.1) is 0 Å². The minimum Gasteiger partial charge on any atom is -0.324 e. The zero-order valence-corrected chi connectivity index (χ0v) is 19.2. The Hall–Kier alpha value is -3.71. The van der Waals surface area contributed by atoms with Crippen molar-refractivity contribution >= 4 is 41.1 Å². The van der Waals surface area contributed by atoms with Gasteiger partial charge in [0.1, 0.15) is 5.82 Å². The largest absolute Gasteiger partial charge is 0.435 e. The monoisotopic (exact) mass is 523 g/mol. The normalized spacial score (nSPS) is 11.4. The molecule has 2 N–H and O–H groups in total. The lowest BCUT2D eigenvalue weighted by atomic mass is 10.1. The first-order valence-electron chi connectivity index (χ1n) is 9.67. The van der Waals surface area contributed by atoms with Crippen molar-refractivity contribution in [2.75, 3.05) is 11.6 Å². The number of pyridine rings is 1. The molecule has 0 saturated heterocycles. The van der Waals surface area contributed by atoms with E-state index in [1.807, 2.05) is 0 Å². The molecule has 14 heteroatoms. The Balaban J connectivity index is 1.80. The summed E-state index contributed by atoms with van der Waals surface area (Å²) < 4.78 is 56.5. The molecule has 0 spiro atoms. The second kappa shape index (κ2) is 9.88. The van der Waals surface area contributed by atoms with Crippen LogP contribution in [0.25, 0.3) is 16.9 Å². The van der Waals surface area contributed by atoms with Crippen molar-refractivity contribution in [2.24, 2.45) is 0 Å². The molecule has 0 aliphatic heterocycles. The number of alkyl halides is 3. The summed E-state index contributed by atoms with van der Waals surface area (Å²) >= 11 is 6.91. The van der Waals surface area contributed by atoms with Gasteiger partial charge in [0.15, 0.2) is 11.5 Å². The zero-order valence-electron chi connectivity index (χ0n) is 17.6. The molecule has 8 nitrogen and oxygen atoms in total. The molecule has 3 heterocycles. The molecule has 0 atom stereocenters. The van der Waals surface area contributed by atoms with E-state index in [0.29, 0.717) is 11.3 Å². The highest BCUT2D eigenvalue weighted by Crippen LogP contribution is 2.31. The highest BCUT2D eigenvalue weighted by atomic mass is 35.5. The second-order valence-corrected chi connectivity index (χ2v) is 7.95. The highest BCUT2D eigenvalue weighted by Gasteiger charge is 2.34. The first-order valence-corrected chi connectivity index (χ1v) is 11.3. The molecule has 0 unspecified atom stereocenters. The van der Waals surface area contributed by atoms with Gasteiger partial charge in [-0.1, -0.05) is 23.5 Å². The van der Waals surface area contributed by atoms with E-state index in [-0.39, 0.29) is 27.9 Å². The summed E-state index contributed by atoms with van der Waals surface area (Å²) in [7, 11) is 0. The summed E-state index contributed by atoms with van der Waals surface area (Å²) in [5.74, 6) is -1.06. The van der Waals surface area contributed by atoms with Crippen molar-refractivity contribution in [1.82, 2.24) is 29.5 Å². The third-order valence-corrected chi connectivity index (χ3v) is 5.23. The first kappa shape index (κ1) is 24.4. The number of nitrogens with zero attached hydrogens (tertiary/aromatic N) is 5. The number of nitrogens with one attached hydrogen (secondary N) is 2. The van der Waals surface area contributed by atoms with Gasteiger partial charge < -0.3 is 5.32 Å². The summed E-state index contributed by atoms with van der Waals surface area (Å²) in [5.41, 5.74) is 0.0875. The number of rotatable bonds is 6. The van der Waals surface area contributed by atoms with E-state index in [0.717, 1.165) is 35.0 Å². The fraction of sp³-hybridized carbons (Fsp3) is 0.0952. The third kappa shape index (κ3) is 5.52. The van der Waals surface area contributed by atoms with Crippen molar-refractivity contribution in [3.63, 3.8) is 0 Å². The lowest BCUT2D eigenvalue weighted by molar-refractivity contribution is -0.141. The molecule has 4 aromatic rings. The lowest BCUT2D eigenvalue weighted by Crippen LogP contribution is -2.15. The van der Waals surface area contributed by atoms with Crippen LogP contribution in [0, 0.1) is 5.82 Å². The molecule has 3 aromatic heterocycles. The van der Waals surface area contributed by atoms with Gasteiger partial charge >= 0.3 is 6.18 Å². The molecule has 1 aromatic carbocycles. The molecule has 0 fully saturated rings. The quantitative estimate of drug-likeness (QED) is 0.262. The van der Waals surface area contributed by atoms with Crippen molar-refractivity contribution in [3.05, 3.63) is 77.2 Å². The fourth-order valence-electron chi connectivity index (χ4n) is 2.97. The Morgan fingerprint density at radius 3 is 2.63 bits per heavy atom. The van der Waals surface area contributed by atoms with Gasteiger partial charge in [-0.2, -0.15) is 23.3 Å². The fourth-order valence-corrected chi connectivity index (χ4v) is 3.45.